The maximum Gasteiger partial charge on any atom is -0.00611 e. The quantitative estimate of drug-likeness (QED) is 0.481. The van der Waals surface area contributed by atoms with Crippen molar-refractivity contribution in [2.45, 2.75) is 38.0 Å². The lowest BCUT2D eigenvalue weighted by Crippen LogP contribution is -2.04. The SMILES string of the molecule is [c]1c(C2CCCCC2)ccc2cc3ccccc3cc12. The Morgan fingerprint density at radius 3 is 2.30 bits per heavy atom. The Kier molecular flexibility index (Phi) is 2.95. The fourth-order valence-corrected chi connectivity index (χ4v) is 3.53. The van der Waals surface area contributed by atoms with Crippen LogP contribution < -0.4 is 0 Å². The maximum absolute atomic E-state index is 3.69. The van der Waals surface area contributed by atoms with Gasteiger partial charge in [-0.2, -0.15) is 0 Å². The van der Waals surface area contributed by atoms with Crippen LogP contribution in [0.1, 0.15) is 43.6 Å². The van der Waals surface area contributed by atoms with Crippen molar-refractivity contribution in [3.8, 4) is 0 Å². The van der Waals surface area contributed by atoms with Gasteiger partial charge in [0.2, 0.25) is 0 Å². The van der Waals surface area contributed by atoms with Crippen molar-refractivity contribution in [1.82, 2.24) is 0 Å². The van der Waals surface area contributed by atoms with Gasteiger partial charge >= 0.3 is 0 Å². The van der Waals surface area contributed by atoms with E-state index >= 15 is 0 Å². The second-order valence-corrected chi connectivity index (χ2v) is 6.04. The van der Waals surface area contributed by atoms with E-state index < -0.39 is 0 Å². The van der Waals surface area contributed by atoms with Gasteiger partial charge in [0, 0.05) is 0 Å². The van der Waals surface area contributed by atoms with Crippen molar-refractivity contribution in [3.63, 3.8) is 0 Å². The minimum Gasteiger partial charge on any atom is -0.0616 e. The first-order valence-electron chi connectivity index (χ1n) is 7.75. The zero-order chi connectivity index (χ0) is 13.4. The van der Waals surface area contributed by atoms with E-state index in [0.717, 1.165) is 5.92 Å². The topological polar surface area (TPSA) is 0 Å². The van der Waals surface area contributed by atoms with E-state index in [4.69, 9.17) is 0 Å². The smallest absolute Gasteiger partial charge is 0.00611 e. The third kappa shape index (κ3) is 2.10. The first-order chi connectivity index (χ1) is 9.90. The molecule has 0 heteroatoms. The predicted molar refractivity (Wildman–Crippen MR) is 86.1 cm³/mol. The molecule has 3 aromatic rings. The minimum atomic E-state index is 0.736. The Bertz CT molecular complexity index is 748. The molecule has 1 fully saturated rings. The normalized spacial score (nSPS) is 16.8. The van der Waals surface area contributed by atoms with Gasteiger partial charge in [0.25, 0.3) is 0 Å². The number of benzene rings is 3. The van der Waals surface area contributed by atoms with E-state index in [9.17, 15) is 0 Å². The van der Waals surface area contributed by atoms with Crippen LogP contribution in [0.4, 0.5) is 0 Å². The van der Waals surface area contributed by atoms with E-state index in [-0.39, 0.29) is 0 Å². The molecule has 1 aliphatic rings. The van der Waals surface area contributed by atoms with Crippen molar-refractivity contribution in [3.05, 3.63) is 60.2 Å². The number of rotatable bonds is 1. The summed E-state index contributed by atoms with van der Waals surface area (Å²) in [6, 6.07) is 21.4. The summed E-state index contributed by atoms with van der Waals surface area (Å²) < 4.78 is 0. The summed E-state index contributed by atoms with van der Waals surface area (Å²) in [5.74, 6) is 0.736. The Balaban J connectivity index is 1.83. The number of fused-ring (bicyclic) bond motifs is 2. The summed E-state index contributed by atoms with van der Waals surface area (Å²) in [4.78, 5) is 0. The molecular formula is C20H19. The van der Waals surface area contributed by atoms with E-state index in [2.05, 4.69) is 54.6 Å². The molecule has 0 aromatic heterocycles. The van der Waals surface area contributed by atoms with Crippen LogP contribution in [0.15, 0.2) is 48.5 Å². The maximum atomic E-state index is 3.69. The van der Waals surface area contributed by atoms with Gasteiger partial charge < -0.3 is 0 Å². The largest absolute Gasteiger partial charge is 0.0616 e. The van der Waals surface area contributed by atoms with Crippen molar-refractivity contribution in [1.29, 1.82) is 0 Å². The van der Waals surface area contributed by atoms with Crippen LogP contribution in [-0.4, -0.2) is 0 Å². The van der Waals surface area contributed by atoms with Gasteiger partial charge in [-0.05, 0) is 64.1 Å². The van der Waals surface area contributed by atoms with Gasteiger partial charge in [-0.15, -0.1) is 0 Å². The van der Waals surface area contributed by atoms with Gasteiger partial charge in [-0.3, -0.25) is 0 Å². The van der Waals surface area contributed by atoms with Crippen molar-refractivity contribution in [2.75, 3.05) is 0 Å². The van der Waals surface area contributed by atoms with Crippen LogP contribution in [0.25, 0.3) is 21.5 Å². The highest BCUT2D eigenvalue weighted by Gasteiger charge is 2.15. The first kappa shape index (κ1) is 12.0. The lowest BCUT2D eigenvalue weighted by molar-refractivity contribution is 0.443. The van der Waals surface area contributed by atoms with E-state index in [1.807, 2.05) is 0 Å². The van der Waals surface area contributed by atoms with Crippen LogP contribution >= 0.6 is 0 Å². The average Bonchev–Trinajstić information content (AvgIpc) is 2.53. The minimum absolute atomic E-state index is 0.736. The van der Waals surface area contributed by atoms with Gasteiger partial charge in [0.05, 0.1) is 0 Å². The molecule has 1 aliphatic carbocycles. The molecule has 0 aliphatic heterocycles. The molecule has 0 nitrogen and oxygen atoms in total. The second kappa shape index (κ2) is 4.94. The molecule has 0 N–H and O–H groups in total. The highest BCUT2D eigenvalue weighted by Crippen LogP contribution is 2.34. The van der Waals surface area contributed by atoms with Crippen LogP contribution in [-0.2, 0) is 0 Å². The summed E-state index contributed by atoms with van der Waals surface area (Å²) in [7, 11) is 0. The van der Waals surface area contributed by atoms with Gasteiger partial charge in [-0.1, -0.05) is 55.7 Å². The highest BCUT2D eigenvalue weighted by molar-refractivity contribution is 5.98. The Morgan fingerprint density at radius 1 is 0.750 bits per heavy atom. The van der Waals surface area contributed by atoms with Crippen LogP contribution in [0, 0.1) is 6.07 Å². The van der Waals surface area contributed by atoms with Crippen molar-refractivity contribution < 1.29 is 0 Å². The Hall–Kier alpha value is -1.82. The molecule has 0 heterocycles. The molecule has 0 atom stereocenters. The first-order valence-corrected chi connectivity index (χ1v) is 7.75. The average molecular weight is 259 g/mol. The van der Waals surface area contributed by atoms with Crippen LogP contribution in [0.3, 0.4) is 0 Å². The zero-order valence-electron chi connectivity index (χ0n) is 11.7. The fraction of sp³-hybridized carbons (Fsp3) is 0.300. The van der Waals surface area contributed by atoms with E-state index in [1.165, 1.54) is 59.2 Å². The summed E-state index contributed by atoms with van der Waals surface area (Å²) in [5.41, 5.74) is 1.42. The molecular weight excluding hydrogens is 240 g/mol. The fourth-order valence-electron chi connectivity index (χ4n) is 3.53. The Labute approximate surface area is 120 Å². The lowest BCUT2D eigenvalue weighted by atomic mass is 9.83. The van der Waals surface area contributed by atoms with Gasteiger partial charge in [0.1, 0.15) is 0 Å². The molecule has 0 unspecified atom stereocenters. The van der Waals surface area contributed by atoms with Crippen LogP contribution in [0.5, 0.6) is 0 Å². The molecule has 1 radical (unpaired) electrons. The monoisotopic (exact) mass is 259 g/mol. The van der Waals surface area contributed by atoms with E-state index in [0.29, 0.717) is 0 Å². The molecule has 1 saturated carbocycles. The lowest BCUT2D eigenvalue weighted by Gasteiger charge is -2.22. The third-order valence-electron chi connectivity index (χ3n) is 4.68. The molecule has 4 rings (SSSR count). The predicted octanol–water partition coefficient (Wildman–Crippen LogP) is 5.84. The van der Waals surface area contributed by atoms with Crippen molar-refractivity contribution in [2.24, 2.45) is 0 Å². The van der Waals surface area contributed by atoms with E-state index in [1.54, 1.807) is 0 Å². The molecule has 0 saturated heterocycles. The summed E-state index contributed by atoms with van der Waals surface area (Å²) >= 11 is 0. The number of hydrogen-bond acceptors (Lipinski definition) is 0. The number of hydrogen-bond donors (Lipinski definition) is 0. The molecule has 0 amide bonds. The van der Waals surface area contributed by atoms with Gasteiger partial charge in [-0.25, -0.2) is 0 Å². The second-order valence-electron chi connectivity index (χ2n) is 6.04. The van der Waals surface area contributed by atoms with Crippen molar-refractivity contribution >= 4 is 21.5 Å². The van der Waals surface area contributed by atoms with Crippen LogP contribution in [0.2, 0.25) is 0 Å². The third-order valence-corrected chi connectivity index (χ3v) is 4.68. The highest BCUT2D eigenvalue weighted by atomic mass is 14.2. The molecule has 3 aromatic carbocycles. The summed E-state index contributed by atoms with van der Waals surface area (Å²) in [6.45, 7) is 0. The Morgan fingerprint density at radius 2 is 1.50 bits per heavy atom. The summed E-state index contributed by atoms with van der Waals surface area (Å²) in [5, 5.41) is 5.21. The van der Waals surface area contributed by atoms with Gasteiger partial charge in [0.15, 0.2) is 0 Å². The molecule has 20 heavy (non-hydrogen) atoms. The molecule has 99 valence electrons. The molecule has 0 spiro atoms. The zero-order valence-corrected chi connectivity index (χ0v) is 11.7. The standard InChI is InChI=1S/C20H19/c1-2-6-15(7-3-1)18-10-11-19-12-16-8-4-5-9-17(16)13-20(19)14-18/h4-5,8-13,15H,1-3,6-7H2. The summed E-state index contributed by atoms with van der Waals surface area (Å²) in [6.07, 6.45) is 6.86. The molecule has 0 bridgehead atoms.